The summed E-state index contributed by atoms with van der Waals surface area (Å²) in [5.74, 6) is -5.59. The molecule has 0 spiro atoms. The van der Waals surface area contributed by atoms with Gasteiger partial charge in [-0.3, -0.25) is 43.3 Å². The van der Waals surface area contributed by atoms with Gasteiger partial charge in [0.25, 0.3) is 0 Å². The average molecular weight is 936 g/mol. The van der Waals surface area contributed by atoms with E-state index in [-0.39, 0.29) is 93.8 Å². The molecule has 0 bridgehead atoms. The Morgan fingerprint density at radius 1 is 0.769 bits per heavy atom. The average Bonchev–Trinajstić information content (AvgIpc) is 3.81. The lowest BCUT2D eigenvalue weighted by Crippen LogP contribution is -2.47. The molecule has 2 aliphatic heterocycles. The molecule has 0 saturated carbocycles. The molecule has 22 nitrogen and oxygen atoms in total. The summed E-state index contributed by atoms with van der Waals surface area (Å²) in [6, 6.07) is -4.09. The van der Waals surface area contributed by atoms with Crippen molar-refractivity contribution in [3.63, 3.8) is 0 Å². The van der Waals surface area contributed by atoms with Crippen LogP contribution in [-0.2, 0) is 43.2 Å². The largest absolute Gasteiger partial charge is 0.481 e. The number of fused-ring (bicyclic) bond motifs is 1. The van der Waals surface area contributed by atoms with Crippen molar-refractivity contribution in [3.05, 3.63) is 0 Å². The smallest absolute Gasteiger partial charge is 0.326 e. The molecule has 362 valence electrons. The number of aliphatic carboxylic acids is 2. The number of nitrogens with two attached hydrogens (primary N) is 2. The molecule has 6 amide bonds. The number of nitrogens with zero attached hydrogens (tertiary/aromatic N) is 1. The van der Waals surface area contributed by atoms with Crippen molar-refractivity contribution in [2.45, 2.75) is 151 Å². The molecule has 65 heavy (non-hydrogen) atoms. The van der Waals surface area contributed by atoms with E-state index in [1.807, 2.05) is 0 Å². The molecule has 2 aliphatic rings. The predicted octanol–water partition coefficient (Wildman–Crippen LogP) is -0.864. The summed E-state index contributed by atoms with van der Waals surface area (Å²) < 4.78 is 0. The molecule has 2 heterocycles. The van der Waals surface area contributed by atoms with Crippen LogP contribution in [0.2, 0.25) is 0 Å². The Morgan fingerprint density at radius 2 is 1.46 bits per heavy atom. The minimum atomic E-state index is -1.68. The fraction of sp³-hybridized carbons (Fsp3) is 0.690. The van der Waals surface area contributed by atoms with Gasteiger partial charge in [0.05, 0.1) is 43.1 Å². The van der Waals surface area contributed by atoms with Crippen molar-refractivity contribution < 1.29 is 63.3 Å². The maximum absolute atomic E-state index is 13.2. The summed E-state index contributed by atoms with van der Waals surface area (Å²) in [5.41, 5.74) is 10.7. The van der Waals surface area contributed by atoms with Gasteiger partial charge < -0.3 is 58.7 Å². The van der Waals surface area contributed by atoms with Crippen molar-refractivity contribution >= 4 is 76.7 Å². The number of aliphatic imine (C=N–C) groups is 1. The zero-order chi connectivity index (χ0) is 48.3. The first-order valence-electron chi connectivity index (χ1n) is 21.9. The van der Waals surface area contributed by atoms with Crippen molar-refractivity contribution in [3.8, 4) is 12.3 Å². The molecule has 0 aromatic heterocycles. The standard InChI is InChI=1S/C42H65N9O13S/c1-2-3-4-10-26(53)15-17-35(57)47-27(12-9-20-46-41(43)44)31(54)16-18-36(58)48-29(22-37(59)60)32(55)21-25(23-52)39(61)49-28(40(62)63)11-7-8-19-45-34(56)14-6-5-13-33-38-30(24-65-33)50-42(64)51-38/h1,25,27-30,33,38,52H,3-24H2,(H,45,56)(H,47,57)(H,48,58)(H,49,61)(H,59,60)(H,62,63)(H4,43,44,46)(H2,50,51,64)/t25?,27-,28-,29-,30?,33?,38?/m0/s1. The van der Waals surface area contributed by atoms with Crippen LogP contribution in [0.4, 0.5) is 4.79 Å². The molecule has 4 unspecified atom stereocenters. The van der Waals surface area contributed by atoms with E-state index in [4.69, 9.17) is 17.9 Å². The number of nitrogens with one attached hydrogen (secondary N) is 6. The van der Waals surface area contributed by atoms with Crippen molar-refractivity contribution in [1.82, 2.24) is 31.9 Å². The lowest BCUT2D eigenvalue weighted by atomic mass is 9.95. The number of terminal acetylenes is 1. The highest BCUT2D eigenvalue weighted by Crippen LogP contribution is 2.33. The minimum absolute atomic E-state index is 0.0414. The number of carbonyl (C=O) groups excluding carboxylic acids is 8. The van der Waals surface area contributed by atoms with Gasteiger partial charge in [-0.25, -0.2) is 9.59 Å². The van der Waals surface area contributed by atoms with Crippen LogP contribution in [0.25, 0.3) is 0 Å². The number of carboxylic acids is 2. The summed E-state index contributed by atoms with van der Waals surface area (Å²) in [6.07, 6.45) is 7.06. The number of carbonyl (C=O) groups is 10. The fourth-order valence-electron chi connectivity index (χ4n) is 7.18. The zero-order valence-corrected chi connectivity index (χ0v) is 37.4. The molecule has 2 saturated heterocycles. The number of hydrogen-bond donors (Lipinski definition) is 11. The Bertz CT molecular complexity index is 1750. The van der Waals surface area contributed by atoms with E-state index in [1.54, 1.807) is 11.8 Å². The van der Waals surface area contributed by atoms with Gasteiger partial charge in [0.2, 0.25) is 23.6 Å². The van der Waals surface area contributed by atoms with E-state index in [9.17, 15) is 63.3 Å². The van der Waals surface area contributed by atoms with E-state index in [0.717, 1.165) is 18.6 Å². The molecule has 2 fully saturated rings. The molecular formula is C42H65N9O13S. The number of thioether (sulfide) groups is 1. The first-order valence-corrected chi connectivity index (χ1v) is 22.9. The SMILES string of the molecule is C#CCCCC(=O)CCC(=O)N[C@@H](CCCN=C(N)N)C(=O)CCC(=O)N[C@@H](CC(=O)O)C(=O)CC(CO)C(=O)N[C@@H](CCCCNC(=O)CCCCC1SCC2NC(=O)NC21)C(=O)O. The van der Waals surface area contributed by atoms with Crippen molar-refractivity contribution in [1.29, 1.82) is 0 Å². The second kappa shape index (κ2) is 30.4. The molecular weight excluding hydrogens is 871 g/mol. The quantitative estimate of drug-likeness (QED) is 0.0121. The number of carboxylic acid groups (broad SMARTS) is 2. The molecule has 0 radical (unpaired) electrons. The van der Waals surface area contributed by atoms with Crippen LogP contribution >= 0.6 is 11.8 Å². The molecule has 23 heteroatoms. The number of urea groups is 1. The third-order valence-electron chi connectivity index (χ3n) is 10.8. The highest BCUT2D eigenvalue weighted by Gasteiger charge is 2.42. The number of aliphatic hydroxyl groups is 1. The summed E-state index contributed by atoms with van der Waals surface area (Å²) in [5, 5.41) is 45.2. The van der Waals surface area contributed by atoms with Crippen LogP contribution in [0.1, 0.15) is 116 Å². The van der Waals surface area contributed by atoms with E-state index in [0.29, 0.717) is 37.4 Å². The second-order valence-corrected chi connectivity index (χ2v) is 17.3. The summed E-state index contributed by atoms with van der Waals surface area (Å²) in [4.78, 5) is 128. The Balaban J connectivity index is 1.84. The first-order chi connectivity index (χ1) is 30.9. The van der Waals surface area contributed by atoms with Crippen LogP contribution < -0.4 is 43.4 Å². The minimum Gasteiger partial charge on any atom is -0.481 e. The monoisotopic (exact) mass is 935 g/mol. The van der Waals surface area contributed by atoms with Crippen molar-refractivity contribution in [2.24, 2.45) is 22.4 Å². The molecule has 0 aromatic carbocycles. The lowest BCUT2D eigenvalue weighted by Gasteiger charge is -2.21. The number of unbranched alkanes of at least 4 members (excludes halogenated alkanes) is 3. The van der Waals surface area contributed by atoms with Crippen LogP contribution in [0.3, 0.4) is 0 Å². The Kier molecular flexibility index (Phi) is 25.9. The maximum atomic E-state index is 13.2. The Hall–Kier alpha value is -5.76. The van der Waals surface area contributed by atoms with Crippen LogP contribution in [0.5, 0.6) is 0 Å². The molecule has 2 rings (SSSR count). The third-order valence-corrected chi connectivity index (χ3v) is 12.3. The topological polar surface area (TPSA) is 368 Å². The van der Waals surface area contributed by atoms with Gasteiger partial charge >= 0.3 is 18.0 Å². The first kappa shape index (κ1) is 55.4. The molecule has 0 aromatic rings. The van der Waals surface area contributed by atoms with E-state index in [1.165, 1.54) is 0 Å². The number of guanidine groups is 1. The van der Waals surface area contributed by atoms with Crippen molar-refractivity contribution in [2.75, 3.05) is 25.4 Å². The van der Waals surface area contributed by atoms with E-state index >= 15 is 0 Å². The molecule has 13 N–H and O–H groups in total. The number of ketones is 3. The van der Waals surface area contributed by atoms with Gasteiger partial charge in [-0.15, -0.1) is 12.3 Å². The lowest BCUT2D eigenvalue weighted by molar-refractivity contribution is -0.144. The number of aliphatic hydroxyl groups excluding tert-OH is 1. The highest BCUT2D eigenvalue weighted by atomic mass is 32.2. The fourth-order valence-corrected chi connectivity index (χ4v) is 8.73. The summed E-state index contributed by atoms with van der Waals surface area (Å²) in [6.45, 7) is -0.512. The van der Waals surface area contributed by atoms with E-state index < -0.39 is 97.6 Å². The number of Topliss-reactive ketones (excluding diaryl/α,β-unsaturated/α-hetero) is 3. The van der Waals surface area contributed by atoms with Gasteiger partial charge in [-0.05, 0) is 51.4 Å². The maximum Gasteiger partial charge on any atom is 0.326 e. The molecule has 0 aliphatic carbocycles. The number of rotatable bonds is 35. The van der Waals surface area contributed by atoms with Crippen LogP contribution in [0.15, 0.2) is 4.99 Å². The highest BCUT2D eigenvalue weighted by molar-refractivity contribution is 8.00. The van der Waals surface area contributed by atoms with Gasteiger partial charge in [-0.2, -0.15) is 11.8 Å². The Morgan fingerprint density at radius 3 is 2.12 bits per heavy atom. The predicted molar refractivity (Wildman–Crippen MR) is 238 cm³/mol. The van der Waals surface area contributed by atoms with Crippen LogP contribution in [-0.4, -0.2) is 141 Å². The van der Waals surface area contributed by atoms with Gasteiger partial charge in [0, 0.05) is 75.5 Å². The van der Waals surface area contributed by atoms with Gasteiger partial charge in [0.1, 0.15) is 11.8 Å². The third kappa shape index (κ3) is 22.6. The second-order valence-electron chi connectivity index (χ2n) is 16.0. The Labute approximate surface area is 382 Å². The summed E-state index contributed by atoms with van der Waals surface area (Å²) >= 11 is 1.80. The number of hydrogen-bond acceptors (Lipinski definition) is 13. The summed E-state index contributed by atoms with van der Waals surface area (Å²) in [7, 11) is 0. The van der Waals surface area contributed by atoms with Gasteiger partial charge in [-0.1, -0.05) is 6.42 Å². The van der Waals surface area contributed by atoms with Crippen LogP contribution in [0, 0.1) is 18.3 Å². The zero-order valence-electron chi connectivity index (χ0n) is 36.6. The number of amides is 6. The van der Waals surface area contributed by atoms with Gasteiger partial charge in [0.15, 0.2) is 17.5 Å². The van der Waals surface area contributed by atoms with E-state index in [2.05, 4.69) is 42.8 Å². The normalized spacial score (nSPS) is 17.9. The molecule has 7 atom stereocenters.